The predicted molar refractivity (Wildman–Crippen MR) is 80.1 cm³/mol. The summed E-state index contributed by atoms with van der Waals surface area (Å²) in [6.07, 6.45) is 2.22. The van der Waals surface area contributed by atoms with Crippen molar-refractivity contribution in [3.05, 3.63) is 77.2 Å². The first-order valence-electron chi connectivity index (χ1n) is 6.61. The Morgan fingerprint density at radius 3 is 2.48 bits per heavy atom. The molecule has 1 N–H and O–H groups in total. The molecular weight excluding hydrogens is 267 g/mol. The summed E-state index contributed by atoms with van der Waals surface area (Å²) < 4.78 is 12.9. The Balaban J connectivity index is 1.80. The standard InChI is InChI=1S/C17H13FN2O/c18-14-8-6-13(7-9-14)10-15-17(21)20-16(19-15)11-12-4-2-1-3-5-12/h1-10H,11H2,(H,19,20,21)/b15-10+. The Hall–Kier alpha value is -2.75. The number of benzene rings is 2. The number of hydrogen-bond donors (Lipinski definition) is 1. The summed E-state index contributed by atoms with van der Waals surface area (Å²) in [6.45, 7) is 0. The average Bonchev–Trinajstić information content (AvgIpc) is 2.82. The van der Waals surface area contributed by atoms with Crippen molar-refractivity contribution >= 4 is 17.8 Å². The van der Waals surface area contributed by atoms with Crippen molar-refractivity contribution in [2.75, 3.05) is 0 Å². The summed E-state index contributed by atoms with van der Waals surface area (Å²) in [7, 11) is 0. The highest BCUT2D eigenvalue weighted by Crippen LogP contribution is 2.14. The van der Waals surface area contributed by atoms with Crippen molar-refractivity contribution in [1.82, 2.24) is 5.32 Å². The van der Waals surface area contributed by atoms with E-state index in [9.17, 15) is 9.18 Å². The van der Waals surface area contributed by atoms with E-state index in [-0.39, 0.29) is 11.7 Å². The molecule has 1 amide bonds. The van der Waals surface area contributed by atoms with Crippen LogP contribution >= 0.6 is 0 Å². The number of carbonyl (C=O) groups is 1. The van der Waals surface area contributed by atoms with Gasteiger partial charge in [-0.05, 0) is 29.3 Å². The number of amidine groups is 1. The number of hydrogen-bond acceptors (Lipinski definition) is 2. The zero-order valence-corrected chi connectivity index (χ0v) is 11.2. The molecule has 3 rings (SSSR count). The normalized spacial score (nSPS) is 16.0. The molecule has 0 saturated carbocycles. The van der Waals surface area contributed by atoms with Crippen LogP contribution in [-0.4, -0.2) is 11.7 Å². The van der Waals surface area contributed by atoms with Crippen LogP contribution in [0.2, 0.25) is 0 Å². The third-order valence-corrected chi connectivity index (χ3v) is 3.13. The number of amides is 1. The monoisotopic (exact) mass is 280 g/mol. The topological polar surface area (TPSA) is 41.5 Å². The van der Waals surface area contributed by atoms with Crippen LogP contribution in [0.15, 0.2) is 65.3 Å². The molecule has 0 radical (unpaired) electrons. The number of aliphatic imine (C=N–C) groups is 1. The highest BCUT2D eigenvalue weighted by molar-refractivity contribution is 6.14. The second-order valence-corrected chi connectivity index (χ2v) is 4.76. The second kappa shape index (κ2) is 5.71. The molecule has 0 unspecified atom stereocenters. The molecule has 21 heavy (non-hydrogen) atoms. The summed E-state index contributed by atoms with van der Waals surface area (Å²) in [4.78, 5) is 16.2. The van der Waals surface area contributed by atoms with E-state index in [1.54, 1.807) is 18.2 Å². The van der Waals surface area contributed by atoms with Crippen LogP contribution in [0.5, 0.6) is 0 Å². The van der Waals surface area contributed by atoms with Crippen LogP contribution in [0.3, 0.4) is 0 Å². The molecule has 1 heterocycles. The van der Waals surface area contributed by atoms with Gasteiger partial charge in [0.1, 0.15) is 17.3 Å². The van der Waals surface area contributed by atoms with Gasteiger partial charge < -0.3 is 5.32 Å². The lowest BCUT2D eigenvalue weighted by atomic mass is 10.1. The Labute approximate surface area is 121 Å². The fourth-order valence-corrected chi connectivity index (χ4v) is 2.11. The van der Waals surface area contributed by atoms with Gasteiger partial charge in [0, 0.05) is 6.42 Å². The third-order valence-electron chi connectivity index (χ3n) is 3.13. The molecule has 0 aliphatic carbocycles. The fraction of sp³-hybridized carbons (Fsp3) is 0.0588. The molecule has 3 nitrogen and oxygen atoms in total. The van der Waals surface area contributed by atoms with E-state index in [1.807, 2.05) is 30.3 Å². The summed E-state index contributed by atoms with van der Waals surface area (Å²) in [5, 5.41) is 2.75. The first kappa shape index (κ1) is 13.2. The van der Waals surface area contributed by atoms with Crippen LogP contribution in [0.25, 0.3) is 6.08 Å². The van der Waals surface area contributed by atoms with Gasteiger partial charge in [-0.1, -0.05) is 42.5 Å². The van der Waals surface area contributed by atoms with E-state index in [2.05, 4.69) is 10.3 Å². The molecule has 0 saturated heterocycles. The molecule has 104 valence electrons. The minimum absolute atomic E-state index is 0.231. The first-order valence-corrected chi connectivity index (χ1v) is 6.61. The molecule has 2 aromatic carbocycles. The number of rotatable bonds is 3. The fourth-order valence-electron chi connectivity index (χ4n) is 2.11. The minimum Gasteiger partial charge on any atom is -0.308 e. The third kappa shape index (κ3) is 3.23. The van der Waals surface area contributed by atoms with Crippen LogP contribution in [0.4, 0.5) is 4.39 Å². The van der Waals surface area contributed by atoms with Crippen molar-refractivity contribution in [3.8, 4) is 0 Å². The van der Waals surface area contributed by atoms with Crippen LogP contribution < -0.4 is 5.32 Å². The Morgan fingerprint density at radius 1 is 1.05 bits per heavy atom. The molecular formula is C17H13FN2O. The number of halogens is 1. The van der Waals surface area contributed by atoms with E-state index in [0.29, 0.717) is 18.0 Å². The van der Waals surface area contributed by atoms with Crippen molar-refractivity contribution < 1.29 is 9.18 Å². The molecule has 1 aliphatic rings. The van der Waals surface area contributed by atoms with Crippen molar-refractivity contribution in [2.45, 2.75) is 6.42 Å². The van der Waals surface area contributed by atoms with Crippen molar-refractivity contribution in [3.63, 3.8) is 0 Å². The lowest BCUT2D eigenvalue weighted by Gasteiger charge is -1.99. The van der Waals surface area contributed by atoms with E-state index < -0.39 is 0 Å². The highest BCUT2D eigenvalue weighted by atomic mass is 19.1. The minimum atomic E-state index is -0.304. The maximum Gasteiger partial charge on any atom is 0.275 e. The molecule has 2 aromatic rings. The van der Waals surface area contributed by atoms with E-state index >= 15 is 0 Å². The maximum absolute atomic E-state index is 12.9. The quantitative estimate of drug-likeness (QED) is 0.863. The molecule has 0 atom stereocenters. The molecule has 0 bridgehead atoms. The smallest absolute Gasteiger partial charge is 0.275 e. The molecule has 0 aromatic heterocycles. The second-order valence-electron chi connectivity index (χ2n) is 4.76. The number of nitrogens with zero attached hydrogens (tertiary/aromatic N) is 1. The van der Waals surface area contributed by atoms with Gasteiger partial charge in [-0.2, -0.15) is 0 Å². The number of carbonyl (C=O) groups excluding carboxylic acids is 1. The van der Waals surface area contributed by atoms with Crippen LogP contribution in [0.1, 0.15) is 11.1 Å². The molecule has 0 fully saturated rings. The van der Waals surface area contributed by atoms with Gasteiger partial charge in [0.2, 0.25) is 0 Å². The number of nitrogens with one attached hydrogen (secondary N) is 1. The molecule has 1 aliphatic heterocycles. The first-order chi connectivity index (χ1) is 10.2. The van der Waals surface area contributed by atoms with Gasteiger partial charge in [0.05, 0.1) is 0 Å². The van der Waals surface area contributed by atoms with Gasteiger partial charge in [0.15, 0.2) is 0 Å². The summed E-state index contributed by atoms with van der Waals surface area (Å²) in [5.74, 6) is 0.0890. The largest absolute Gasteiger partial charge is 0.308 e. The van der Waals surface area contributed by atoms with E-state index in [4.69, 9.17) is 0 Å². The predicted octanol–water partition coefficient (Wildman–Crippen LogP) is 2.94. The van der Waals surface area contributed by atoms with Gasteiger partial charge in [0.25, 0.3) is 5.91 Å². The van der Waals surface area contributed by atoms with Gasteiger partial charge in [-0.15, -0.1) is 0 Å². The summed E-state index contributed by atoms with van der Waals surface area (Å²) >= 11 is 0. The van der Waals surface area contributed by atoms with E-state index in [0.717, 1.165) is 11.1 Å². The Kier molecular flexibility index (Phi) is 3.60. The van der Waals surface area contributed by atoms with Gasteiger partial charge >= 0.3 is 0 Å². The lowest BCUT2D eigenvalue weighted by Crippen LogP contribution is -2.25. The van der Waals surface area contributed by atoms with Crippen LogP contribution in [-0.2, 0) is 11.2 Å². The lowest BCUT2D eigenvalue weighted by molar-refractivity contribution is -0.115. The summed E-state index contributed by atoms with van der Waals surface area (Å²) in [5.41, 5.74) is 2.17. The average molecular weight is 280 g/mol. The Bertz CT molecular complexity index is 718. The SMILES string of the molecule is O=C1NC(Cc2ccccc2)=N/C1=C/c1ccc(F)cc1. The van der Waals surface area contributed by atoms with Crippen LogP contribution in [0, 0.1) is 5.82 Å². The van der Waals surface area contributed by atoms with Crippen molar-refractivity contribution in [2.24, 2.45) is 4.99 Å². The highest BCUT2D eigenvalue weighted by Gasteiger charge is 2.19. The molecule has 0 spiro atoms. The van der Waals surface area contributed by atoms with E-state index in [1.165, 1.54) is 12.1 Å². The van der Waals surface area contributed by atoms with Gasteiger partial charge in [-0.25, -0.2) is 9.38 Å². The van der Waals surface area contributed by atoms with Gasteiger partial charge in [-0.3, -0.25) is 4.79 Å². The van der Waals surface area contributed by atoms with Crippen molar-refractivity contribution in [1.29, 1.82) is 0 Å². The maximum atomic E-state index is 12.9. The zero-order chi connectivity index (χ0) is 14.7. The summed E-state index contributed by atoms with van der Waals surface area (Å²) in [6, 6.07) is 15.7. The molecule has 4 heteroatoms. The Morgan fingerprint density at radius 2 is 1.76 bits per heavy atom. The zero-order valence-electron chi connectivity index (χ0n) is 11.2.